The minimum Gasteiger partial charge on any atom is -0.495 e. The van der Waals surface area contributed by atoms with E-state index in [2.05, 4.69) is 10.4 Å². The van der Waals surface area contributed by atoms with E-state index in [0.29, 0.717) is 17.1 Å². The number of anilines is 2. The van der Waals surface area contributed by atoms with Crippen LogP contribution in [0.4, 0.5) is 11.4 Å². The van der Waals surface area contributed by atoms with Crippen molar-refractivity contribution in [3.05, 3.63) is 90.0 Å². The average Bonchev–Trinajstić information content (AvgIpc) is 3.37. The van der Waals surface area contributed by atoms with Gasteiger partial charge in [-0.3, -0.25) is 19.4 Å². The second-order valence-corrected chi connectivity index (χ2v) is 8.73. The highest BCUT2D eigenvalue weighted by Crippen LogP contribution is 2.53. The fourth-order valence-corrected chi connectivity index (χ4v) is 5.46. The lowest BCUT2D eigenvalue weighted by atomic mass is 9.85. The Kier molecular flexibility index (Phi) is 4.88. The summed E-state index contributed by atoms with van der Waals surface area (Å²) < 4.78 is 5.43. The van der Waals surface area contributed by atoms with Gasteiger partial charge in [-0.15, -0.1) is 0 Å². The zero-order valence-corrected chi connectivity index (χ0v) is 18.9. The lowest BCUT2D eigenvalue weighted by molar-refractivity contribution is -0.129. The molecule has 0 unspecified atom stereocenters. The van der Waals surface area contributed by atoms with Crippen LogP contribution in [0.2, 0.25) is 0 Å². The number of carbonyl (C=O) groups excluding carboxylic acids is 3. The quantitative estimate of drug-likeness (QED) is 0.597. The topological polar surface area (TPSA) is 91.3 Å². The van der Waals surface area contributed by atoms with E-state index in [-0.39, 0.29) is 11.8 Å². The van der Waals surface area contributed by atoms with E-state index in [9.17, 15) is 14.4 Å². The summed E-state index contributed by atoms with van der Waals surface area (Å²) in [5.74, 6) is -2.42. The van der Waals surface area contributed by atoms with Crippen molar-refractivity contribution in [1.29, 1.82) is 0 Å². The van der Waals surface area contributed by atoms with Crippen LogP contribution in [0.3, 0.4) is 0 Å². The number of para-hydroxylation sites is 3. The third kappa shape index (κ3) is 3.13. The summed E-state index contributed by atoms with van der Waals surface area (Å²) >= 11 is 0. The number of nitrogens with one attached hydrogen (secondary N) is 1. The third-order valence-corrected chi connectivity index (χ3v) is 6.93. The molecule has 3 amide bonds. The summed E-state index contributed by atoms with van der Waals surface area (Å²) in [6.07, 6.45) is 1.68. The van der Waals surface area contributed by atoms with Gasteiger partial charge in [-0.05, 0) is 35.4 Å². The molecule has 0 spiro atoms. The fraction of sp³-hybridized carbons (Fsp3) is 0.185. The van der Waals surface area contributed by atoms with E-state index >= 15 is 0 Å². The van der Waals surface area contributed by atoms with E-state index < -0.39 is 29.8 Å². The standard InChI is InChI=1S/C27H22N4O4/c1-35-20-14-8-7-13-19(20)30-26(33)21-22(27(30)34)24(25(32)29-17-10-3-2-4-11-17)31-23(21)18-12-6-5-9-16(18)15-28-31/h2-15,21-24H,1H3,(H,29,32)/t21-,22+,23-,24-/m1/s1. The van der Waals surface area contributed by atoms with Crippen LogP contribution in [0.25, 0.3) is 0 Å². The molecule has 8 nitrogen and oxygen atoms in total. The Hall–Kier alpha value is -4.46. The maximum atomic E-state index is 13.9. The van der Waals surface area contributed by atoms with Crippen LogP contribution in [0.1, 0.15) is 17.2 Å². The van der Waals surface area contributed by atoms with Gasteiger partial charge in [-0.25, -0.2) is 4.90 Å². The van der Waals surface area contributed by atoms with Crippen molar-refractivity contribution in [2.24, 2.45) is 16.9 Å². The number of carbonyl (C=O) groups is 3. The smallest absolute Gasteiger partial charge is 0.249 e. The number of hydrogen-bond acceptors (Lipinski definition) is 6. The highest BCUT2D eigenvalue weighted by atomic mass is 16.5. The van der Waals surface area contributed by atoms with Gasteiger partial charge in [0.2, 0.25) is 17.7 Å². The van der Waals surface area contributed by atoms with E-state index in [0.717, 1.165) is 11.1 Å². The van der Waals surface area contributed by atoms with Crippen molar-refractivity contribution >= 4 is 35.3 Å². The van der Waals surface area contributed by atoms with E-state index in [4.69, 9.17) is 4.74 Å². The van der Waals surface area contributed by atoms with Crippen molar-refractivity contribution in [1.82, 2.24) is 5.01 Å². The highest BCUT2D eigenvalue weighted by Gasteiger charge is 2.65. The van der Waals surface area contributed by atoms with Crippen molar-refractivity contribution in [2.75, 3.05) is 17.3 Å². The van der Waals surface area contributed by atoms with Gasteiger partial charge >= 0.3 is 0 Å². The molecule has 8 heteroatoms. The Labute approximate surface area is 201 Å². The molecule has 35 heavy (non-hydrogen) atoms. The molecule has 0 radical (unpaired) electrons. The molecular formula is C27H22N4O4. The molecule has 3 aromatic carbocycles. The Balaban J connectivity index is 1.46. The molecule has 0 saturated carbocycles. The molecule has 174 valence electrons. The molecule has 6 rings (SSSR count). The van der Waals surface area contributed by atoms with E-state index in [1.165, 1.54) is 12.0 Å². The Morgan fingerprint density at radius 3 is 2.37 bits per heavy atom. The van der Waals surface area contributed by atoms with Crippen molar-refractivity contribution in [3.8, 4) is 5.75 Å². The number of amides is 3. The molecule has 1 N–H and O–H groups in total. The van der Waals surface area contributed by atoms with Gasteiger partial charge in [0.1, 0.15) is 11.8 Å². The molecule has 3 aliphatic rings. The molecule has 2 saturated heterocycles. The Morgan fingerprint density at radius 2 is 1.57 bits per heavy atom. The summed E-state index contributed by atoms with van der Waals surface area (Å²) in [5, 5.41) is 9.09. The Morgan fingerprint density at radius 1 is 0.886 bits per heavy atom. The van der Waals surface area contributed by atoms with Crippen molar-refractivity contribution in [3.63, 3.8) is 0 Å². The van der Waals surface area contributed by atoms with Gasteiger partial charge < -0.3 is 10.1 Å². The van der Waals surface area contributed by atoms with Crippen molar-refractivity contribution in [2.45, 2.75) is 12.1 Å². The first-order chi connectivity index (χ1) is 17.1. The van der Waals surface area contributed by atoms with Gasteiger partial charge in [0.25, 0.3) is 0 Å². The normalized spacial score (nSPS) is 24.1. The van der Waals surface area contributed by atoms with Crippen LogP contribution in [-0.4, -0.2) is 42.1 Å². The zero-order valence-electron chi connectivity index (χ0n) is 18.9. The lowest BCUT2D eigenvalue weighted by Gasteiger charge is -2.33. The lowest BCUT2D eigenvalue weighted by Crippen LogP contribution is -2.46. The maximum absolute atomic E-state index is 13.9. The summed E-state index contributed by atoms with van der Waals surface area (Å²) in [6.45, 7) is 0. The number of hydrogen-bond donors (Lipinski definition) is 1. The molecular weight excluding hydrogens is 444 g/mol. The second-order valence-electron chi connectivity index (χ2n) is 8.73. The maximum Gasteiger partial charge on any atom is 0.249 e. The second kappa shape index (κ2) is 8.09. The molecule has 3 aromatic rings. The van der Waals surface area contributed by atoms with E-state index in [1.54, 1.807) is 47.6 Å². The van der Waals surface area contributed by atoms with Crippen LogP contribution in [0.15, 0.2) is 84.0 Å². The predicted molar refractivity (Wildman–Crippen MR) is 130 cm³/mol. The number of fused-ring (bicyclic) bond motifs is 5. The molecule has 0 bridgehead atoms. The van der Waals surface area contributed by atoms with Gasteiger partial charge in [0.05, 0.1) is 36.9 Å². The minimum absolute atomic E-state index is 0.360. The molecule has 0 aliphatic carbocycles. The van der Waals surface area contributed by atoms with E-state index in [1.807, 2.05) is 42.5 Å². The predicted octanol–water partition coefficient (Wildman–Crippen LogP) is 3.21. The average molecular weight is 466 g/mol. The number of rotatable bonds is 4. The third-order valence-electron chi connectivity index (χ3n) is 6.93. The Bertz CT molecular complexity index is 1370. The largest absolute Gasteiger partial charge is 0.495 e. The number of hydrazone groups is 1. The van der Waals surface area contributed by atoms with Crippen LogP contribution < -0.4 is 15.0 Å². The SMILES string of the molecule is COc1ccccc1N1C(=O)[C@@H]2[C@H](C1=O)[C@H](C(=O)Nc1ccccc1)N1N=Cc3ccccc3[C@H]21. The monoisotopic (exact) mass is 466 g/mol. The summed E-state index contributed by atoms with van der Waals surface area (Å²) in [7, 11) is 1.49. The molecule has 2 fully saturated rings. The molecule has 3 heterocycles. The number of methoxy groups -OCH3 is 1. The first kappa shape index (κ1) is 21.1. The number of imide groups is 1. The summed E-state index contributed by atoms with van der Waals surface area (Å²) in [4.78, 5) is 42.6. The summed E-state index contributed by atoms with van der Waals surface area (Å²) in [5.41, 5.74) is 2.72. The van der Waals surface area contributed by atoms with Gasteiger partial charge in [0.15, 0.2) is 0 Å². The zero-order chi connectivity index (χ0) is 24.1. The van der Waals surface area contributed by atoms with Crippen LogP contribution >= 0.6 is 0 Å². The van der Waals surface area contributed by atoms with Gasteiger partial charge in [-0.2, -0.15) is 5.10 Å². The minimum atomic E-state index is -0.953. The first-order valence-corrected chi connectivity index (χ1v) is 11.4. The number of nitrogens with zero attached hydrogens (tertiary/aromatic N) is 3. The molecule has 4 atom stereocenters. The molecule has 0 aromatic heterocycles. The van der Waals surface area contributed by atoms with Gasteiger partial charge in [-0.1, -0.05) is 54.6 Å². The van der Waals surface area contributed by atoms with Crippen LogP contribution in [0, 0.1) is 11.8 Å². The first-order valence-electron chi connectivity index (χ1n) is 11.4. The van der Waals surface area contributed by atoms with Crippen molar-refractivity contribution < 1.29 is 19.1 Å². The van der Waals surface area contributed by atoms with Crippen LogP contribution in [0.5, 0.6) is 5.75 Å². The fourth-order valence-electron chi connectivity index (χ4n) is 5.46. The van der Waals surface area contributed by atoms with Gasteiger partial charge in [0, 0.05) is 5.69 Å². The summed E-state index contributed by atoms with van der Waals surface area (Å²) in [6, 6.07) is 22.1. The molecule has 3 aliphatic heterocycles. The van der Waals surface area contributed by atoms with Crippen LogP contribution in [-0.2, 0) is 14.4 Å². The number of benzene rings is 3. The highest BCUT2D eigenvalue weighted by molar-refractivity contribution is 6.25. The number of ether oxygens (including phenoxy) is 1.